The largest absolute Gasteiger partial charge is 0.462 e. The maximum Gasteiger partial charge on any atom is 0.338 e. The van der Waals surface area contributed by atoms with E-state index in [0.717, 1.165) is 25.3 Å². The highest BCUT2D eigenvalue weighted by Crippen LogP contribution is 2.18. The lowest BCUT2D eigenvalue weighted by molar-refractivity contribution is 0.0497. The Kier molecular flexibility index (Phi) is 4.94. The molecule has 1 rings (SSSR count). The molecule has 0 saturated carbocycles. The predicted molar refractivity (Wildman–Crippen MR) is 65.4 cm³/mol. The van der Waals surface area contributed by atoms with Gasteiger partial charge >= 0.3 is 5.97 Å². The molecule has 17 heavy (non-hydrogen) atoms. The zero-order valence-electron chi connectivity index (χ0n) is 10.3. The van der Waals surface area contributed by atoms with Crippen LogP contribution in [0.15, 0.2) is 12.1 Å². The Bertz CT molecular complexity index is 381. The molecular formula is C13H18FNO2. The Hall–Kier alpha value is -1.58. The molecule has 0 aliphatic heterocycles. The predicted octanol–water partition coefficient (Wildman–Crippen LogP) is 3.06. The fourth-order valence-electron chi connectivity index (χ4n) is 1.42. The number of nitrogens with two attached hydrogens (primary N) is 1. The number of benzene rings is 1. The van der Waals surface area contributed by atoms with E-state index in [2.05, 4.69) is 6.92 Å². The lowest BCUT2D eigenvalue weighted by Crippen LogP contribution is -2.08. The molecule has 2 N–H and O–H groups in total. The summed E-state index contributed by atoms with van der Waals surface area (Å²) in [4.78, 5) is 11.6. The van der Waals surface area contributed by atoms with E-state index in [1.54, 1.807) is 6.92 Å². The summed E-state index contributed by atoms with van der Waals surface area (Å²) in [6, 6.07) is 2.61. The summed E-state index contributed by atoms with van der Waals surface area (Å²) in [6.45, 7) is 4.00. The zero-order valence-corrected chi connectivity index (χ0v) is 10.3. The van der Waals surface area contributed by atoms with Crippen molar-refractivity contribution < 1.29 is 13.9 Å². The van der Waals surface area contributed by atoms with Crippen molar-refractivity contribution in [2.75, 3.05) is 12.3 Å². The maximum absolute atomic E-state index is 13.4. The number of ether oxygens (including phenoxy) is 1. The summed E-state index contributed by atoms with van der Waals surface area (Å²) in [5.41, 5.74) is 6.38. The molecule has 0 spiro atoms. The lowest BCUT2D eigenvalue weighted by atomic mass is 10.1. The van der Waals surface area contributed by atoms with E-state index < -0.39 is 11.8 Å². The van der Waals surface area contributed by atoms with Gasteiger partial charge in [0.2, 0.25) is 0 Å². The highest BCUT2D eigenvalue weighted by atomic mass is 19.1. The van der Waals surface area contributed by atoms with Crippen molar-refractivity contribution in [3.8, 4) is 0 Å². The Labute approximate surface area is 101 Å². The number of hydrogen-bond acceptors (Lipinski definition) is 3. The van der Waals surface area contributed by atoms with Gasteiger partial charge in [-0.05, 0) is 25.5 Å². The number of esters is 1. The molecule has 0 aliphatic rings. The highest BCUT2D eigenvalue weighted by molar-refractivity contribution is 5.90. The molecule has 1 aromatic rings. The first-order valence-electron chi connectivity index (χ1n) is 5.79. The van der Waals surface area contributed by atoms with Crippen LogP contribution >= 0.6 is 0 Å². The molecule has 0 unspecified atom stereocenters. The topological polar surface area (TPSA) is 52.3 Å². The van der Waals surface area contributed by atoms with E-state index in [4.69, 9.17) is 10.5 Å². The number of unbranched alkanes of at least 4 members (excludes halogenated alkanes) is 2. The highest BCUT2D eigenvalue weighted by Gasteiger charge is 2.11. The number of anilines is 1. The minimum absolute atomic E-state index is 0.169. The third-order valence-corrected chi connectivity index (χ3v) is 2.60. The second-order valence-corrected chi connectivity index (χ2v) is 4.02. The van der Waals surface area contributed by atoms with E-state index in [0.29, 0.717) is 12.2 Å². The van der Waals surface area contributed by atoms with Gasteiger partial charge in [0.25, 0.3) is 0 Å². The SMILES string of the molecule is CCCCCOC(=O)c1cc(N)c(C)c(F)c1. The fourth-order valence-corrected chi connectivity index (χ4v) is 1.42. The van der Waals surface area contributed by atoms with Crippen LogP contribution < -0.4 is 5.73 Å². The summed E-state index contributed by atoms with van der Waals surface area (Å²) >= 11 is 0. The maximum atomic E-state index is 13.4. The first-order valence-corrected chi connectivity index (χ1v) is 5.79. The van der Waals surface area contributed by atoms with Gasteiger partial charge in [-0.2, -0.15) is 0 Å². The van der Waals surface area contributed by atoms with Gasteiger partial charge in [-0.15, -0.1) is 0 Å². The van der Waals surface area contributed by atoms with Gasteiger partial charge in [0, 0.05) is 11.3 Å². The van der Waals surface area contributed by atoms with Crippen molar-refractivity contribution in [1.82, 2.24) is 0 Å². The molecule has 4 heteroatoms. The third-order valence-electron chi connectivity index (χ3n) is 2.60. The molecule has 1 aromatic carbocycles. The fraction of sp³-hybridized carbons (Fsp3) is 0.462. The molecule has 0 radical (unpaired) electrons. The minimum atomic E-state index is -0.522. The average Bonchev–Trinajstić information content (AvgIpc) is 2.30. The molecular weight excluding hydrogens is 221 g/mol. The van der Waals surface area contributed by atoms with Crippen LogP contribution in [0.4, 0.5) is 10.1 Å². The number of rotatable bonds is 5. The summed E-state index contributed by atoms with van der Waals surface area (Å²) in [6.07, 6.45) is 2.90. The summed E-state index contributed by atoms with van der Waals surface area (Å²) in [7, 11) is 0. The smallest absolute Gasteiger partial charge is 0.338 e. The number of halogens is 1. The van der Waals surface area contributed by atoms with Crippen molar-refractivity contribution in [2.24, 2.45) is 0 Å². The molecule has 3 nitrogen and oxygen atoms in total. The first kappa shape index (κ1) is 13.5. The van der Waals surface area contributed by atoms with Crippen LogP contribution in [0, 0.1) is 12.7 Å². The number of hydrogen-bond donors (Lipinski definition) is 1. The summed E-state index contributed by atoms with van der Waals surface area (Å²) in [5.74, 6) is -1.00. The number of carbonyl (C=O) groups is 1. The molecule has 0 bridgehead atoms. The molecule has 0 atom stereocenters. The van der Waals surface area contributed by atoms with E-state index in [1.807, 2.05) is 0 Å². The molecule has 0 fully saturated rings. The first-order chi connectivity index (χ1) is 8.06. The van der Waals surface area contributed by atoms with Gasteiger partial charge in [0.15, 0.2) is 0 Å². The standard InChI is InChI=1S/C13H18FNO2/c1-3-4-5-6-17-13(16)10-7-11(14)9(2)12(15)8-10/h7-8H,3-6,15H2,1-2H3. The number of carbonyl (C=O) groups excluding carboxylic acids is 1. The zero-order chi connectivity index (χ0) is 12.8. The van der Waals surface area contributed by atoms with Gasteiger partial charge in [-0.3, -0.25) is 0 Å². The molecule has 0 heterocycles. The quantitative estimate of drug-likeness (QED) is 0.488. The van der Waals surface area contributed by atoms with Crippen LogP contribution in [0.5, 0.6) is 0 Å². The van der Waals surface area contributed by atoms with E-state index in [1.165, 1.54) is 6.07 Å². The Morgan fingerprint density at radius 3 is 2.71 bits per heavy atom. The lowest BCUT2D eigenvalue weighted by Gasteiger charge is -2.07. The second kappa shape index (κ2) is 6.23. The van der Waals surface area contributed by atoms with Crippen molar-refractivity contribution in [3.05, 3.63) is 29.1 Å². The van der Waals surface area contributed by atoms with Crippen molar-refractivity contribution >= 4 is 11.7 Å². The molecule has 94 valence electrons. The van der Waals surface area contributed by atoms with Crippen LogP contribution in [0.25, 0.3) is 0 Å². The molecule has 0 saturated heterocycles. The third kappa shape index (κ3) is 3.73. The van der Waals surface area contributed by atoms with Crippen molar-refractivity contribution in [2.45, 2.75) is 33.1 Å². The molecule has 0 aromatic heterocycles. The second-order valence-electron chi connectivity index (χ2n) is 4.02. The normalized spacial score (nSPS) is 10.3. The van der Waals surface area contributed by atoms with Gasteiger partial charge in [0.05, 0.1) is 12.2 Å². The minimum Gasteiger partial charge on any atom is -0.462 e. The van der Waals surface area contributed by atoms with Crippen molar-refractivity contribution in [3.63, 3.8) is 0 Å². The Morgan fingerprint density at radius 1 is 1.41 bits per heavy atom. The van der Waals surface area contributed by atoms with Gasteiger partial charge < -0.3 is 10.5 Å². The van der Waals surface area contributed by atoms with Crippen LogP contribution in [-0.2, 0) is 4.74 Å². The van der Waals surface area contributed by atoms with Crippen LogP contribution in [0.2, 0.25) is 0 Å². The van der Waals surface area contributed by atoms with Gasteiger partial charge in [-0.25, -0.2) is 9.18 Å². The van der Waals surface area contributed by atoms with E-state index >= 15 is 0 Å². The van der Waals surface area contributed by atoms with Crippen molar-refractivity contribution in [1.29, 1.82) is 0 Å². The Morgan fingerprint density at radius 2 is 2.12 bits per heavy atom. The van der Waals surface area contributed by atoms with Crippen LogP contribution in [0.1, 0.15) is 42.1 Å². The van der Waals surface area contributed by atoms with Crippen LogP contribution in [-0.4, -0.2) is 12.6 Å². The summed E-state index contributed by atoms with van der Waals surface area (Å²) < 4.78 is 18.4. The van der Waals surface area contributed by atoms with E-state index in [9.17, 15) is 9.18 Å². The van der Waals surface area contributed by atoms with Gasteiger partial charge in [0.1, 0.15) is 5.82 Å². The van der Waals surface area contributed by atoms with Gasteiger partial charge in [-0.1, -0.05) is 19.8 Å². The molecule has 0 amide bonds. The summed E-state index contributed by atoms with van der Waals surface area (Å²) in [5, 5.41) is 0. The monoisotopic (exact) mass is 239 g/mol. The van der Waals surface area contributed by atoms with Crippen LogP contribution in [0.3, 0.4) is 0 Å². The Balaban J connectivity index is 2.63. The molecule has 0 aliphatic carbocycles. The average molecular weight is 239 g/mol. The van der Waals surface area contributed by atoms with E-state index in [-0.39, 0.29) is 11.3 Å². The number of nitrogen functional groups attached to an aromatic ring is 1.